The molecule has 0 aliphatic rings. The van der Waals surface area contributed by atoms with Gasteiger partial charge in [-0.05, 0) is 31.2 Å². The van der Waals surface area contributed by atoms with Gasteiger partial charge >= 0.3 is 0 Å². The van der Waals surface area contributed by atoms with E-state index < -0.39 is 5.82 Å². The van der Waals surface area contributed by atoms with Gasteiger partial charge in [0.05, 0.1) is 18.2 Å². The highest BCUT2D eigenvalue weighted by atomic mass is 19.1. The SMILES string of the molecule is CCOc1ccc(Nc2cc(C#N)ccn2)cc1F. The minimum absolute atomic E-state index is 0.215. The molecule has 0 saturated heterocycles. The summed E-state index contributed by atoms with van der Waals surface area (Å²) in [6.45, 7) is 2.21. The number of rotatable bonds is 4. The van der Waals surface area contributed by atoms with Gasteiger partial charge in [0.2, 0.25) is 0 Å². The van der Waals surface area contributed by atoms with Crippen LogP contribution in [0, 0.1) is 17.1 Å². The summed E-state index contributed by atoms with van der Waals surface area (Å²) in [4.78, 5) is 4.06. The Balaban J connectivity index is 2.19. The molecular formula is C14H12FN3O. The standard InChI is InChI=1S/C14H12FN3O/c1-2-19-13-4-3-11(8-12(13)15)18-14-7-10(9-16)5-6-17-14/h3-8H,2H2,1H3,(H,17,18). The highest BCUT2D eigenvalue weighted by Crippen LogP contribution is 2.23. The van der Waals surface area contributed by atoms with E-state index in [0.29, 0.717) is 23.7 Å². The number of pyridine rings is 1. The van der Waals surface area contributed by atoms with E-state index in [4.69, 9.17) is 10.00 Å². The summed E-state index contributed by atoms with van der Waals surface area (Å²) in [5.41, 5.74) is 1.03. The summed E-state index contributed by atoms with van der Waals surface area (Å²) in [6, 6.07) is 9.77. The van der Waals surface area contributed by atoms with Gasteiger partial charge in [0.15, 0.2) is 11.6 Å². The second-order valence-electron chi connectivity index (χ2n) is 3.74. The molecule has 19 heavy (non-hydrogen) atoms. The lowest BCUT2D eigenvalue weighted by atomic mass is 10.2. The smallest absolute Gasteiger partial charge is 0.167 e. The van der Waals surface area contributed by atoms with E-state index in [9.17, 15) is 4.39 Å². The molecule has 96 valence electrons. The molecule has 2 aromatic rings. The Morgan fingerprint density at radius 3 is 2.89 bits per heavy atom. The molecule has 0 spiro atoms. The molecule has 1 N–H and O–H groups in total. The zero-order valence-corrected chi connectivity index (χ0v) is 10.4. The van der Waals surface area contributed by atoms with Gasteiger partial charge in [-0.3, -0.25) is 0 Å². The molecule has 0 aliphatic carbocycles. The van der Waals surface area contributed by atoms with Crippen molar-refractivity contribution in [3.8, 4) is 11.8 Å². The Bertz CT molecular complexity index is 622. The van der Waals surface area contributed by atoms with E-state index >= 15 is 0 Å². The fraction of sp³-hybridized carbons (Fsp3) is 0.143. The molecule has 0 unspecified atom stereocenters. The topological polar surface area (TPSA) is 57.9 Å². The lowest BCUT2D eigenvalue weighted by Gasteiger charge is -2.08. The molecule has 1 aromatic carbocycles. The van der Waals surface area contributed by atoms with Crippen LogP contribution in [0.3, 0.4) is 0 Å². The van der Waals surface area contributed by atoms with Gasteiger partial charge in [-0.1, -0.05) is 0 Å². The molecule has 4 nitrogen and oxygen atoms in total. The summed E-state index contributed by atoms with van der Waals surface area (Å²) >= 11 is 0. The summed E-state index contributed by atoms with van der Waals surface area (Å²) < 4.78 is 18.8. The Labute approximate surface area is 110 Å². The van der Waals surface area contributed by atoms with Crippen LogP contribution in [0.15, 0.2) is 36.5 Å². The number of nitrogens with zero attached hydrogens (tertiary/aromatic N) is 2. The van der Waals surface area contributed by atoms with Crippen molar-refractivity contribution in [1.29, 1.82) is 5.26 Å². The van der Waals surface area contributed by atoms with Crippen molar-refractivity contribution >= 4 is 11.5 Å². The van der Waals surface area contributed by atoms with Gasteiger partial charge in [-0.2, -0.15) is 5.26 Å². The molecule has 1 aromatic heterocycles. The molecule has 1 heterocycles. The van der Waals surface area contributed by atoms with Crippen molar-refractivity contribution in [3.63, 3.8) is 0 Å². The third-order valence-electron chi connectivity index (χ3n) is 2.39. The van der Waals surface area contributed by atoms with Crippen molar-refractivity contribution in [3.05, 3.63) is 47.9 Å². The first-order valence-corrected chi connectivity index (χ1v) is 5.78. The molecule has 0 fully saturated rings. The van der Waals surface area contributed by atoms with Crippen molar-refractivity contribution in [1.82, 2.24) is 4.98 Å². The predicted octanol–water partition coefficient (Wildman–Crippen LogP) is 3.23. The van der Waals surface area contributed by atoms with Gasteiger partial charge in [0.1, 0.15) is 5.82 Å². The van der Waals surface area contributed by atoms with Crippen LogP contribution in [-0.4, -0.2) is 11.6 Å². The Morgan fingerprint density at radius 1 is 1.37 bits per heavy atom. The quantitative estimate of drug-likeness (QED) is 0.913. The average Bonchev–Trinajstić information content (AvgIpc) is 2.42. The van der Waals surface area contributed by atoms with Gasteiger partial charge < -0.3 is 10.1 Å². The zero-order valence-electron chi connectivity index (χ0n) is 10.4. The van der Waals surface area contributed by atoms with Crippen LogP contribution >= 0.6 is 0 Å². The van der Waals surface area contributed by atoms with E-state index in [1.54, 1.807) is 31.2 Å². The van der Waals surface area contributed by atoms with Crippen molar-refractivity contribution in [2.24, 2.45) is 0 Å². The van der Waals surface area contributed by atoms with E-state index in [-0.39, 0.29) is 5.75 Å². The minimum atomic E-state index is -0.441. The predicted molar refractivity (Wildman–Crippen MR) is 69.8 cm³/mol. The first kappa shape index (κ1) is 12.8. The van der Waals surface area contributed by atoms with Crippen molar-refractivity contribution in [2.75, 3.05) is 11.9 Å². The summed E-state index contributed by atoms with van der Waals surface area (Å²) in [6.07, 6.45) is 1.52. The molecule has 0 radical (unpaired) electrons. The number of aromatic nitrogens is 1. The van der Waals surface area contributed by atoms with Crippen molar-refractivity contribution < 1.29 is 9.13 Å². The van der Waals surface area contributed by atoms with Crippen LogP contribution in [0.5, 0.6) is 5.75 Å². The van der Waals surface area contributed by atoms with Gasteiger partial charge in [0, 0.05) is 18.0 Å². The fourth-order valence-electron chi connectivity index (χ4n) is 1.57. The molecule has 5 heteroatoms. The van der Waals surface area contributed by atoms with Crippen LogP contribution in [-0.2, 0) is 0 Å². The van der Waals surface area contributed by atoms with Crippen LogP contribution in [0.1, 0.15) is 12.5 Å². The number of anilines is 2. The first-order valence-electron chi connectivity index (χ1n) is 5.78. The Hall–Kier alpha value is -2.61. The van der Waals surface area contributed by atoms with Crippen LogP contribution in [0.2, 0.25) is 0 Å². The van der Waals surface area contributed by atoms with Gasteiger partial charge in [-0.25, -0.2) is 9.37 Å². The molecular weight excluding hydrogens is 245 g/mol. The highest BCUT2D eigenvalue weighted by molar-refractivity contribution is 5.58. The first-order chi connectivity index (χ1) is 9.22. The average molecular weight is 257 g/mol. The molecule has 0 saturated carbocycles. The summed E-state index contributed by atoms with van der Waals surface area (Å²) in [5, 5.41) is 11.7. The van der Waals surface area contributed by atoms with Crippen LogP contribution in [0.4, 0.5) is 15.9 Å². The molecule has 0 aliphatic heterocycles. The van der Waals surface area contributed by atoms with Crippen molar-refractivity contribution in [2.45, 2.75) is 6.92 Å². The van der Waals surface area contributed by atoms with Crippen LogP contribution in [0.25, 0.3) is 0 Å². The third kappa shape index (κ3) is 3.19. The van der Waals surface area contributed by atoms with E-state index in [1.165, 1.54) is 12.3 Å². The molecule has 0 bridgehead atoms. The van der Waals surface area contributed by atoms with Crippen LogP contribution < -0.4 is 10.1 Å². The number of hydrogen-bond acceptors (Lipinski definition) is 4. The highest BCUT2D eigenvalue weighted by Gasteiger charge is 2.05. The number of nitriles is 1. The number of nitrogens with one attached hydrogen (secondary N) is 1. The number of benzene rings is 1. The normalized spacial score (nSPS) is 9.74. The lowest BCUT2D eigenvalue weighted by molar-refractivity contribution is 0.321. The molecule has 0 amide bonds. The molecule has 0 atom stereocenters. The van der Waals surface area contributed by atoms with Gasteiger partial charge in [0.25, 0.3) is 0 Å². The number of hydrogen-bond donors (Lipinski definition) is 1. The van der Waals surface area contributed by atoms with E-state index in [2.05, 4.69) is 10.3 Å². The maximum Gasteiger partial charge on any atom is 0.167 e. The second kappa shape index (κ2) is 5.83. The minimum Gasteiger partial charge on any atom is -0.491 e. The second-order valence-corrected chi connectivity index (χ2v) is 3.74. The lowest BCUT2D eigenvalue weighted by Crippen LogP contribution is -1.97. The maximum absolute atomic E-state index is 13.6. The maximum atomic E-state index is 13.6. The van der Waals surface area contributed by atoms with E-state index in [0.717, 1.165) is 0 Å². The largest absolute Gasteiger partial charge is 0.491 e. The number of halogens is 1. The Kier molecular flexibility index (Phi) is 3.94. The Morgan fingerprint density at radius 2 is 2.21 bits per heavy atom. The zero-order chi connectivity index (χ0) is 13.7. The third-order valence-corrected chi connectivity index (χ3v) is 2.39. The van der Waals surface area contributed by atoms with Gasteiger partial charge in [-0.15, -0.1) is 0 Å². The number of ether oxygens (including phenoxy) is 1. The van der Waals surface area contributed by atoms with E-state index in [1.807, 2.05) is 6.07 Å². The summed E-state index contributed by atoms with van der Waals surface area (Å²) in [5.74, 6) is 0.262. The summed E-state index contributed by atoms with van der Waals surface area (Å²) in [7, 11) is 0. The monoisotopic (exact) mass is 257 g/mol. The molecule has 2 rings (SSSR count). The fourth-order valence-corrected chi connectivity index (χ4v) is 1.57.